The summed E-state index contributed by atoms with van der Waals surface area (Å²) in [6, 6.07) is 14.2. The van der Waals surface area contributed by atoms with Crippen LogP contribution in [0.25, 0.3) is 5.76 Å². The lowest BCUT2D eigenvalue weighted by Gasteiger charge is -2.27. The van der Waals surface area contributed by atoms with Crippen molar-refractivity contribution in [2.24, 2.45) is 0 Å². The molecule has 3 aromatic rings. The van der Waals surface area contributed by atoms with Crippen molar-refractivity contribution in [3.05, 3.63) is 88.2 Å². The highest BCUT2D eigenvalue weighted by Gasteiger charge is 2.48. The average Bonchev–Trinajstić information content (AvgIpc) is 3.15. The Morgan fingerprint density at radius 1 is 1.06 bits per heavy atom. The molecule has 2 heterocycles. The molecule has 0 radical (unpaired) electrons. The first-order valence-electron chi connectivity index (χ1n) is 10.7. The van der Waals surface area contributed by atoms with Gasteiger partial charge in [-0.3, -0.25) is 14.5 Å². The second kappa shape index (κ2) is 8.96. The molecule has 178 valence electrons. The van der Waals surface area contributed by atoms with E-state index < -0.39 is 29.3 Å². The summed E-state index contributed by atoms with van der Waals surface area (Å²) >= 11 is 5.98. The van der Waals surface area contributed by atoms with Gasteiger partial charge in [-0.2, -0.15) is 0 Å². The largest absolute Gasteiger partial charge is 0.507 e. The van der Waals surface area contributed by atoms with Gasteiger partial charge in [0.15, 0.2) is 11.5 Å². The van der Waals surface area contributed by atoms with Gasteiger partial charge in [0.05, 0.1) is 23.7 Å². The van der Waals surface area contributed by atoms with Crippen molar-refractivity contribution in [3.8, 4) is 17.2 Å². The molecule has 1 fully saturated rings. The molecule has 7 nitrogen and oxygen atoms in total. The number of hydrogen-bond acceptors (Lipinski definition) is 6. The molecule has 0 bridgehead atoms. The Bertz CT molecular complexity index is 1390. The minimum absolute atomic E-state index is 0.156. The molecule has 1 amide bonds. The molecule has 1 unspecified atom stereocenters. The third-order valence-corrected chi connectivity index (χ3v) is 6.16. The van der Waals surface area contributed by atoms with Crippen LogP contribution in [-0.4, -0.2) is 37.1 Å². The summed E-state index contributed by atoms with van der Waals surface area (Å²) in [6.45, 7) is 0.742. The Labute approximate surface area is 204 Å². The number of ketones is 1. The Morgan fingerprint density at radius 3 is 2.54 bits per heavy atom. The van der Waals surface area contributed by atoms with Crippen molar-refractivity contribution in [1.82, 2.24) is 0 Å². The van der Waals surface area contributed by atoms with Crippen molar-refractivity contribution in [3.63, 3.8) is 0 Å². The van der Waals surface area contributed by atoms with Gasteiger partial charge in [0.1, 0.15) is 30.5 Å². The highest BCUT2D eigenvalue weighted by atomic mass is 35.5. The van der Waals surface area contributed by atoms with E-state index in [1.165, 1.54) is 24.1 Å². The van der Waals surface area contributed by atoms with E-state index in [1.807, 2.05) is 0 Å². The normalized spacial score (nSPS) is 18.6. The van der Waals surface area contributed by atoms with E-state index in [2.05, 4.69) is 0 Å². The van der Waals surface area contributed by atoms with Gasteiger partial charge in [-0.1, -0.05) is 29.8 Å². The van der Waals surface area contributed by atoms with Gasteiger partial charge in [-0.15, -0.1) is 0 Å². The first kappa shape index (κ1) is 22.7. The molecular weight excluding hydrogens is 477 g/mol. The predicted molar refractivity (Wildman–Crippen MR) is 127 cm³/mol. The van der Waals surface area contributed by atoms with Gasteiger partial charge < -0.3 is 19.3 Å². The molecular formula is C26H19ClFNO6. The van der Waals surface area contributed by atoms with Gasteiger partial charge in [-0.05, 0) is 42.5 Å². The maximum absolute atomic E-state index is 13.9. The monoisotopic (exact) mass is 495 g/mol. The summed E-state index contributed by atoms with van der Waals surface area (Å²) in [6.07, 6.45) is 0. The van der Waals surface area contributed by atoms with Crippen LogP contribution in [0, 0.1) is 5.82 Å². The standard InChI is InChI=1S/C26H19ClFNO6/c1-33-19-5-3-2-4-16(19)23-22(24(30)14-6-9-20-21(12-14)35-11-10-34-20)25(31)26(32)29(23)15-7-8-18(28)17(27)13-15/h2-9,12-13,23,30H,10-11H2,1H3/b24-22+. The molecule has 0 saturated carbocycles. The van der Waals surface area contributed by atoms with Crippen LogP contribution >= 0.6 is 11.6 Å². The topological polar surface area (TPSA) is 85.3 Å². The van der Waals surface area contributed by atoms with Crippen molar-refractivity contribution >= 4 is 34.7 Å². The molecule has 0 spiro atoms. The number of ether oxygens (including phenoxy) is 3. The molecule has 1 saturated heterocycles. The predicted octanol–water partition coefficient (Wildman–Crippen LogP) is 4.89. The molecule has 0 aromatic heterocycles. The molecule has 5 rings (SSSR count). The third-order valence-electron chi connectivity index (χ3n) is 5.87. The van der Waals surface area contributed by atoms with E-state index in [0.29, 0.717) is 36.0 Å². The summed E-state index contributed by atoms with van der Waals surface area (Å²) in [4.78, 5) is 27.8. The van der Waals surface area contributed by atoms with Crippen molar-refractivity contribution in [2.45, 2.75) is 6.04 Å². The van der Waals surface area contributed by atoms with Gasteiger partial charge in [0, 0.05) is 16.8 Å². The summed E-state index contributed by atoms with van der Waals surface area (Å²) < 4.78 is 30.5. The van der Waals surface area contributed by atoms with Crippen LogP contribution in [0.15, 0.2) is 66.2 Å². The van der Waals surface area contributed by atoms with E-state index in [0.717, 1.165) is 6.07 Å². The third kappa shape index (κ3) is 3.85. The van der Waals surface area contributed by atoms with Crippen molar-refractivity contribution in [2.75, 3.05) is 25.2 Å². The summed E-state index contributed by atoms with van der Waals surface area (Å²) in [7, 11) is 1.46. The molecule has 1 atom stereocenters. The fourth-order valence-corrected chi connectivity index (χ4v) is 4.44. The second-order valence-electron chi connectivity index (χ2n) is 7.87. The zero-order valence-electron chi connectivity index (χ0n) is 18.5. The molecule has 2 aliphatic rings. The van der Waals surface area contributed by atoms with E-state index in [1.54, 1.807) is 42.5 Å². The summed E-state index contributed by atoms with van der Waals surface area (Å²) in [5, 5.41) is 11.1. The number of benzene rings is 3. The van der Waals surface area contributed by atoms with E-state index in [9.17, 15) is 19.1 Å². The zero-order valence-corrected chi connectivity index (χ0v) is 19.2. The molecule has 35 heavy (non-hydrogen) atoms. The van der Waals surface area contributed by atoms with E-state index in [4.69, 9.17) is 25.8 Å². The fourth-order valence-electron chi connectivity index (χ4n) is 4.27. The molecule has 0 aliphatic carbocycles. The molecule has 1 N–H and O–H groups in total. The number of Topliss-reactive ketones (excluding diaryl/α,β-unsaturated/α-hetero) is 1. The number of methoxy groups -OCH3 is 1. The zero-order chi connectivity index (χ0) is 24.7. The number of hydrogen-bond donors (Lipinski definition) is 1. The minimum Gasteiger partial charge on any atom is -0.507 e. The highest BCUT2D eigenvalue weighted by molar-refractivity contribution is 6.52. The number of rotatable bonds is 4. The van der Waals surface area contributed by atoms with E-state index in [-0.39, 0.29) is 21.8 Å². The SMILES string of the molecule is COc1ccccc1C1/C(=C(\O)c2ccc3c(c2)OCCO3)C(=O)C(=O)N1c1ccc(F)c(Cl)c1. The van der Waals surface area contributed by atoms with E-state index >= 15 is 0 Å². The quantitative estimate of drug-likeness (QED) is 0.315. The van der Waals surface area contributed by atoms with Crippen LogP contribution in [0.5, 0.6) is 17.2 Å². The first-order valence-corrected chi connectivity index (χ1v) is 11.1. The number of carbonyl (C=O) groups is 2. The fraction of sp³-hybridized carbons (Fsp3) is 0.154. The second-order valence-corrected chi connectivity index (χ2v) is 8.28. The number of halogens is 2. The minimum atomic E-state index is -1.07. The number of para-hydroxylation sites is 1. The number of fused-ring (bicyclic) bond motifs is 1. The Kier molecular flexibility index (Phi) is 5.82. The highest BCUT2D eigenvalue weighted by Crippen LogP contribution is 2.46. The number of carbonyl (C=O) groups excluding carboxylic acids is 2. The van der Waals surface area contributed by atoms with Crippen LogP contribution in [-0.2, 0) is 9.59 Å². The van der Waals surface area contributed by atoms with Crippen LogP contribution in [0.2, 0.25) is 5.02 Å². The molecule has 9 heteroatoms. The average molecular weight is 496 g/mol. The number of amides is 1. The molecule has 3 aromatic carbocycles. The van der Waals surface area contributed by atoms with Gasteiger partial charge >= 0.3 is 0 Å². The van der Waals surface area contributed by atoms with Gasteiger partial charge in [-0.25, -0.2) is 4.39 Å². The first-order chi connectivity index (χ1) is 16.9. The van der Waals surface area contributed by atoms with Gasteiger partial charge in [0.25, 0.3) is 11.7 Å². The van der Waals surface area contributed by atoms with Crippen LogP contribution < -0.4 is 19.1 Å². The Morgan fingerprint density at radius 2 is 1.80 bits per heavy atom. The Balaban J connectivity index is 1.73. The lowest BCUT2D eigenvalue weighted by molar-refractivity contribution is -0.132. The smallest absolute Gasteiger partial charge is 0.300 e. The maximum Gasteiger partial charge on any atom is 0.300 e. The number of anilines is 1. The van der Waals surface area contributed by atoms with Crippen molar-refractivity contribution in [1.29, 1.82) is 0 Å². The Hall–Kier alpha value is -4.04. The number of nitrogens with zero attached hydrogens (tertiary/aromatic N) is 1. The number of aliphatic hydroxyl groups excluding tert-OH is 1. The van der Waals surface area contributed by atoms with Crippen LogP contribution in [0.3, 0.4) is 0 Å². The lowest BCUT2D eigenvalue weighted by Crippen LogP contribution is -2.29. The van der Waals surface area contributed by atoms with Crippen LogP contribution in [0.1, 0.15) is 17.2 Å². The summed E-state index contributed by atoms with van der Waals surface area (Å²) in [5.41, 5.74) is 0.755. The van der Waals surface area contributed by atoms with Gasteiger partial charge in [0.2, 0.25) is 0 Å². The maximum atomic E-state index is 13.9. The summed E-state index contributed by atoms with van der Waals surface area (Å²) in [5.74, 6) is -1.56. The molecule has 2 aliphatic heterocycles. The lowest BCUT2D eigenvalue weighted by atomic mass is 9.94. The van der Waals surface area contributed by atoms with Crippen LogP contribution in [0.4, 0.5) is 10.1 Å². The van der Waals surface area contributed by atoms with Crippen molar-refractivity contribution < 1.29 is 33.3 Å². The number of aliphatic hydroxyl groups is 1.